The van der Waals surface area contributed by atoms with Crippen LogP contribution in [0.4, 0.5) is 0 Å². The minimum absolute atomic E-state index is 0.0209. The van der Waals surface area contributed by atoms with Crippen LogP contribution in [-0.4, -0.2) is 41.1 Å². The molecule has 1 aromatic carbocycles. The second kappa shape index (κ2) is 6.04. The number of hydrogen-bond donors (Lipinski definition) is 0. The average molecular weight is 364 g/mol. The minimum atomic E-state index is -0.235. The molecule has 5 nitrogen and oxygen atoms in total. The number of aryl methyl sites for hydroxylation is 1. The van der Waals surface area contributed by atoms with E-state index in [2.05, 4.69) is 24.3 Å². The first-order valence-corrected chi connectivity index (χ1v) is 9.93. The van der Waals surface area contributed by atoms with E-state index >= 15 is 0 Å². The lowest BCUT2D eigenvalue weighted by Crippen LogP contribution is -2.44. The third-order valence-electron chi connectivity index (χ3n) is 7.05. The minimum Gasteiger partial charge on any atom is -0.337 e. The number of benzene rings is 1. The Bertz CT molecular complexity index is 831. The number of amides is 3. The molecule has 1 heterocycles. The summed E-state index contributed by atoms with van der Waals surface area (Å²) in [5.41, 5.74) is 2.48. The second-order valence-electron chi connectivity index (χ2n) is 8.37. The van der Waals surface area contributed by atoms with Gasteiger partial charge in [-0.15, -0.1) is 0 Å². The molecule has 27 heavy (non-hydrogen) atoms. The predicted octanol–water partition coefficient (Wildman–Crippen LogP) is 2.33. The van der Waals surface area contributed by atoms with Gasteiger partial charge < -0.3 is 4.90 Å². The zero-order chi connectivity index (χ0) is 18.7. The van der Waals surface area contributed by atoms with E-state index in [0.717, 1.165) is 25.7 Å². The standard InChI is InChI=1S/C22H24N2O3/c1-23(17-8-4-6-13-5-2-3-7-16(13)17)18(25)12-24-21(26)19-14-9-10-15(11-14)20(19)22(24)27/h2-3,5,7,9-10,14-15,17,19-20H,4,6,8,11-12H2,1H3/t14-,15-,17-,19+,20+/m0/s1. The van der Waals surface area contributed by atoms with Gasteiger partial charge in [0.1, 0.15) is 6.54 Å². The number of hydrogen-bond acceptors (Lipinski definition) is 3. The molecular formula is C22H24N2O3. The fraction of sp³-hybridized carbons (Fsp3) is 0.500. The van der Waals surface area contributed by atoms with Crippen molar-refractivity contribution in [3.63, 3.8) is 0 Å². The van der Waals surface area contributed by atoms with Gasteiger partial charge in [0.25, 0.3) is 0 Å². The lowest BCUT2D eigenvalue weighted by atomic mass is 9.85. The van der Waals surface area contributed by atoms with Crippen LogP contribution in [0.15, 0.2) is 36.4 Å². The molecule has 3 amide bonds. The van der Waals surface area contributed by atoms with E-state index in [-0.39, 0.29) is 54.0 Å². The highest BCUT2D eigenvalue weighted by Gasteiger charge is 2.59. The monoisotopic (exact) mass is 364 g/mol. The Hall–Kier alpha value is -2.43. The molecular weight excluding hydrogens is 340 g/mol. The molecule has 2 fully saturated rings. The smallest absolute Gasteiger partial charge is 0.242 e. The predicted molar refractivity (Wildman–Crippen MR) is 99.3 cm³/mol. The van der Waals surface area contributed by atoms with Crippen LogP contribution in [-0.2, 0) is 20.8 Å². The summed E-state index contributed by atoms with van der Waals surface area (Å²) < 4.78 is 0. The van der Waals surface area contributed by atoms with Crippen molar-refractivity contribution in [2.45, 2.75) is 31.7 Å². The van der Waals surface area contributed by atoms with Gasteiger partial charge in [0.2, 0.25) is 17.7 Å². The first kappa shape index (κ1) is 16.7. The highest BCUT2D eigenvalue weighted by Crippen LogP contribution is 2.52. The summed E-state index contributed by atoms with van der Waals surface area (Å²) in [5.74, 6) is -0.556. The number of rotatable bonds is 3. The maximum atomic E-state index is 13.0. The van der Waals surface area contributed by atoms with Gasteiger partial charge in [-0.2, -0.15) is 0 Å². The van der Waals surface area contributed by atoms with Gasteiger partial charge in [-0.1, -0.05) is 36.4 Å². The normalized spacial score (nSPS) is 33.4. The van der Waals surface area contributed by atoms with Gasteiger partial charge >= 0.3 is 0 Å². The van der Waals surface area contributed by atoms with E-state index in [0.29, 0.717) is 0 Å². The number of carbonyl (C=O) groups is 3. The molecule has 0 aromatic heterocycles. The molecule has 0 N–H and O–H groups in total. The molecule has 1 aromatic rings. The van der Waals surface area contributed by atoms with Crippen molar-refractivity contribution in [2.24, 2.45) is 23.7 Å². The highest BCUT2D eigenvalue weighted by atomic mass is 16.2. The van der Waals surface area contributed by atoms with Crippen molar-refractivity contribution in [2.75, 3.05) is 13.6 Å². The Morgan fingerprint density at radius 2 is 1.78 bits per heavy atom. The van der Waals surface area contributed by atoms with Crippen molar-refractivity contribution in [3.8, 4) is 0 Å². The Morgan fingerprint density at radius 3 is 2.48 bits per heavy atom. The van der Waals surface area contributed by atoms with Gasteiger partial charge in [-0.05, 0) is 48.6 Å². The number of allylic oxidation sites excluding steroid dienone is 2. The van der Waals surface area contributed by atoms with Crippen molar-refractivity contribution < 1.29 is 14.4 Å². The highest BCUT2D eigenvalue weighted by molar-refractivity contribution is 6.08. The molecule has 140 valence electrons. The Balaban J connectivity index is 1.33. The van der Waals surface area contributed by atoms with Crippen molar-refractivity contribution >= 4 is 17.7 Å². The van der Waals surface area contributed by atoms with Crippen LogP contribution in [0.3, 0.4) is 0 Å². The van der Waals surface area contributed by atoms with Crippen LogP contribution in [0.1, 0.15) is 36.4 Å². The molecule has 2 bridgehead atoms. The van der Waals surface area contributed by atoms with Crippen molar-refractivity contribution in [1.82, 2.24) is 9.80 Å². The maximum Gasteiger partial charge on any atom is 0.242 e. The molecule has 1 aliphatic heterocycles. The Labute approximate surface area is 159 Å². The molecule has 4 aliphatic rings. The molecule has 0 radical (unpaired) electrons. The fourth-order valence-electron chi connectivity index (χ4n) is 5.67. The summed E-state index contributed by atoms with van der Waals surface area (Å²) in [4.78, 5) is 41.6. The van der Waals surface area contributed by atoms with Gasteiger partial charge in [-0.3, -0.25) is 19.3 Å². The number of imide groups is 1. The Kier molecular flexibility index (Phi) is 3.74. The van der Waals surface area contributed by atoms with Crippen LogP contribution in [0.5, 0.6) is 0 Å². The molecule has 1 saturated heterocycles. The SMILES string of the molecule is CN(C(=O)CN1C(=O)[C@H]2[C@H](C1=O)[C@H]1C=C[C@H]2C1)[C@H]1CCCc2ccccc21. The molecule has 0 spiro atoms. The number of nitrogens with zero attached hydrogens (tertiary/aromatic N) is 2. The van der Waals surface area contributed by atoms with Crippen LogP contribution < -0.4 is 0 Å². The Morgan fingerprint density at radius 1 is 1.11 bits per heavy atom. The summed E-state index contributed by atoms with van der Waals surface area (Å²) in [6.07, 6.45) is 8.06. The van der Waals surface area contributed by atoms with E-state index in [9.17, 15) is 14.4 Å². The summed E-state index contributed by atoms with van der Waals surface area (Å²) >= 11 is 0. The van der Waals surface area contributed by atoms with Gasteiger partial charge in [0.05, 0.1) is 17.9 Å². The summed E-state index contributed by atoms with van der Waals surface area (Å²) in [6, 6.07) is 8.27. The number of likely N-dealkylation sites (tertiary alicyclic amines) is 1. The molecule has 0 unspecified atom stereocenters. The average Bonchev–Trinajstić information content (AvgIpc) is 3.37. The number of fused-ring (bicyclic) bond motifs is 6. The van der Waals surface area contributed by atoms with Crippen LogP contribution in [0, 0.1) is 23.7 Å². The van der Waals surface area contributed by atoms with Gasteiger partial charge in [0.15, 0.2) is 0 Å². The van der Waals surface area contributed by atoms with E-state index in [1.165, 1.54) is 16.0 Å². The lowest BCUT2D eigenvalue weighted by molar-refractivity contribution is -0.147. The number of likely N-dealkylation sites (N-methyl/N-ethyl adjacent to an activating group) is 1. The first-order valence-electron chi connectivity index (χ1n) is 9.93. The summed E-state index contributed by atoms with van der Waals surface area (Å²) in [5, 5.41) is 0. The summed E-state index contributed by atoms with van der Waals surface area (Å²) in [7, 11) is 1.80. The van der Waals surface area contributed by atoms with Crippen LogP contribution >= 0.6 is 0 Å². The van der Waals surface area contributed by atoms with Gasteiger partial charge in [0, 0.05) is 7.05 Å². The molecule has 5 heteroatoms. The third kappa shape index (κ3) is 2.40. The lowest BCUT2D eigenvalue weighted by Gasteiger charge is -2.34. The van der Waals surface area contributed by atoms with Crippen LogP contribution in [0.25, 0.3) is 0 Å². The third-order valence-corrected chi connectivity index (χ3v) is 7.05. The fourth-order valence-corrected chi connectivity index (χ4v) is 5.67. The van der Waals surface area contributed by atoms with E-state index in [1.807, 2.05) is 12.1 Å². The van der Waals surface area contributed by atoms with E-state index in [1.54, 1.807) is 11.9 Å². The first-order chi connectivity index (χ1) is 13.1. The number of carbonyl (C=O) groups excluding carboxylic acids is 3. The van der Waals surface area contributed by atoms with E-state index in [4.69, 9.17) is 0 Å². The molecule has 3 aliphatic carbocycles. The maximum absolute atomic E-state index is 13.0. The van der Waals surface area contributed by atoms with Crippen molar-refractivity contribution in [3.05, 3.63) is 47.5 Å². The molecule has 5 rings (SSSR count). The summed E-state index contributed by atoms with van der Waals surface area (Å²) in [6.45, 7) is -0.126. The zero-order valence-electron chi connectivity index (χ0n) is 15.5. The largest absolute Gasteiger partial charge is 0.337 e. The van der Waals surface area contributed by atoms with Gasteiger partial charge in [-0.25, -0.2) is 0 Å². The van der Waals surface area contributed by atoms with Crippen LogP contribution in [0.2, 0.25) is 0 Å². The molecule has 5 atom stereocenters. The zero-order valence-corrected chi connectivity index (χ0v) is 15.5. The molecule has 1 saturated carbocycles. The van der Waals surface area contributed by atoms with Crippen molar-refractivity contribution in [1.29, 1.82) is 0 Å². The quantitative estimate of drug-likeness (QED) is 0.611. The van der Waals surface area contributed by atoms with E-state index < -0.39 is 0 Å². The second-order valence-corrected chi connectivity index (χ2v) is 8.37. The topological polar surface area (TPSA) is 57.7 Å².